The number of carbonyl (C=O) groups excluding carboxylic acids is 2. The predicted molar refractivity (Wildman–Crippen MR) is 63.8 cm³/mol. The molecular weight excluding hydrogens is 238 g/mol. The van der Waals surface area contributed by atoms with E-state index in [0.717, 1.165) is 7.11 Å². The van der Waals surface area contributed by atoms with Gasteiger partial charge in [-0.15, -0.1) is 0 Å². The van der Waals surface area contributed by atoms with E-state index < -0.39 is 16.7 Å². The number of benzene rings is 1. The molecule has 0 aliphatic heterocycles. The Balaban J connectivity index is 3.20. The average Bonchev–Trinajstić information content (AvgIpc) is 2.35. The smallest absolute Gasteiger partial charge is 0.341 e. The van der Waals surface area contributed by atoms with Gasteiger partial charge in [-0.05, 0) is 18.6 Å². The molecule has 1 aromatic carbocycles. The van der Waals surface area contributed by atoms with E-state index in [4.69, 9.17) is 0 Å². The van der Waals surface area contributed by atoms with Crippen LogP contribution in [0.3, 0.4) is 0 Å². The number of carbonyl (C=O) groups is 2. The van der Waals surface area contributed by atoms with Crippen molar-refractivity contribution in [2.75, 3.05) is 7.11 Å². The summed E-state index contributed by atoms with van der Waals surface area (Å²) in [5.41, 5.74) is 0.120. The van der Waals surface area contributed by atoms with Gasteiger partial charge in [-0.25, -0.2) is 4.79 Å². The molecule has 0 bridgehead atoms. The fourth-order valence-electron chi connectivity index (χ4n) is 1.31. The van der Waals surface area contributed by atoms with Crippen molar-refractivity contribution in [3.05, 3.63) is 45.5 Å². The van der Waals surface area contributed by atoms with Gasteiger partial charge in [0.25, 0.3) is 5.69 Å². The molecule has 0 atom stereocenters. The minimum absolute atomic E-state index is 0.114. The van der Waals surface area contributed by atoms with Gasteiger partial charge in [0.05, 0.1) is 12.0 Å². The van der Waals surface area contributed by atoms with Gasteiger partial charge in [0, 0.05) is 12.1 Å². The molecule has 1 rings (SSSR count). The monoisotopic (exact) mass is 249 g/mol. The minimum atomic E-state index is -0.769. The number of ketones is 1. The van der Waals surface area contributed by atoms with Crippen LogP contribution in [0.2, 0.25) is 0 Å². The third-order valence-corrected chi connectivity index (χ3v) is 2.18. The summed E-state index contributed by atoms with van der Waals surface area (Å²) in [6.45, 7) is 1.22. The lowest BCUT2D eigenvalue weighted by Gasteiger charge is -2.01. The van der Waals surface area contributed by atoms with Gasteiger partial charge in [0.2, 0.25) is 0 Å². The topological polar surface area (TPSA) is 86.5 Å². The van der Waals surface area contributed by atoms with E-state index >= 15 is 0 Å². The molecule has 0 spiro atoms. The molecule has 6 heteroatoms. The summed E-state index contributed by atoms with van der Waals surface area (Å²) < 4.78 is 4.46. The Kier molecular flexibility index (Phi) is 4.31. The number of hydrogen-bond acceptors (Lipinski definition) is 5. The number of methoxy groups -OCH3 is 1. The molecule has 0 amide bonds. The van der Waals surface area contributed by atoms with E-state index in [1.807, 2.05) is 0 Å². The second kappa shape index (κ2) is 5.72. The largest absolute Gasteiger partial charge is 0.465 e. The van der Waals surface area contributed by atoms with Crippen LogP contribution in [-0.4, -0.2) is 23.8 Å². The van der Waals surface area contributed by atoms with Crippen molar-refractivity contribution in [2.45, 2.75) is 6.92 Å². The van der Waals surface area contributed by atoms with Gasteiger partial charge in [0.15, 0.2) is 5.78 Å². The normalized spacial score (nSPS) is 10.9. The zero-order valence-electron chi connectivity index (χ0n) is 9.88. The van der Waals surface area contributed by atoms with Crippen LogP contribution in [0.25, 0.3) is 6.08 Å². The number of ether oxygens (including phenoxy) is 1. The maximum Gasteiger partial charge on any atom is 0.341 e. The highest BCUT2D eigenvalue weighted by atomic mass is 16.6. The molecule has 0 saturated carbocycles. The van der Waals surface area contributed by atoms with Gasteiger partial charge < -0.3 is 4.74 Å². The summed E-state index contributed by atoms with van der Waals surface area (Å²) in [5.74, 6) is -1.23. The molecule has 0 N–H and O–H groups in total. The third kappa shape index (κ3) is 3.24. The van der Waals surface area contributed by atoms with Crippen molar-refractivity contribution in [1.82, 2.24) is 0 Å². The first-order valence-corrected chi connectivity index (χ1v) is 5.01. The number of nitro benzene ring substituents is 1. The van der Waals surface area contributed by atoms with Gasteiger partial charge >= 0.3 is 5.97 Å². The number of esters is 1. The third-order valence-electron chi connectivity index (χ3n) is 2.18. The zero-order valence-corrected chi connectivity index (χ0v) is 9.88. The molecule has 0 saturated heterocycles. The zero-order chi connectivity index (χ0) is 13.7. The van der Waals surface area contributed by atoms with E-state index in [9.17, 15) is 19.7 Å². The number of Topliss-reactive ketones (excluding diaryl/α,β-unsaturated/α-hetero) is 1. The molecule has 0 fully saturated rings. The number of non-ortho nitro benzene ring substituents is 1. The van der Waals surface area contributed by atoms with Gasteiger partial charge in [0.1, 0.15) is 5.57 Å². The first kappa shape index (κ1) is 13.6. The van der Waals surface area contributed by atoms with Crippen LogP contribution in [0.15, 0.2) is 29.8 Å². The van der Waals surface area contributed by atoms with Crippen molar-refractivity contribution in [1.29, 1.82) is 0 Å². The Labute approximate surface area is 103 Å². The van der Waals surface area contributed by atoms with Crippen molar-refractivity contribution in [3.8, 4) is 0 Å². The highest BCUT2D eigenvalue weighted by Gasteiger charge is 2.15. The molecule has 0 aromatic heterocycles. The Morgan fingerprint density at radius 2 is 2.06 bits per heavy atom. The molecular formula is C12H11NO5. The Hall–Kier alpha value is -2.50. The fraction of sp³-hybridized carbons (Fsp3) is 0.167. The van der Waals surface area contributed by atoms with Crippen molar-refractivity contribution in [3.63, 3.8) is 0 Å². The lowest BCUT2D eigenvalue weighted by atomic mass is 10.1. The highest BCUT2D eigenvalue weighted by Crippen LogP contribution is 2.16. The van der Waals surface area contributed by atoms with Crippen LogP contribution in [-0.2, 0) is 14.3 Å². The number of hydrogen-bond donors (Lipinski definition) is 0. The minimum Gasteiger partial charge on any atom is -0.465 e. The first-order chi connectivity index (χ1) is 8.45. The lowest BCUT2D eigenvalue weighted by Crippen LogP contribution is -2.11. The second-order valence-corrected chi connectivity index (χ2v) is 3.46. The van der Waals surface area contributed by atoms with Crippen LogP contribution < -0.4 is 0 Å². The number of nitro groups is 1. The Morgan fingerprint density at radius 1 is 1.39 bits per heavy atom. The molecule has 0 radical (unpaired) electrons. The van der Waals surface area contributed by atoms with Crippen LogP contribution in [0.1, 0.15) is 12.5 Å². The summed E-state index contributed by atoms with van der Waals surface area (Å²) in [6.07, 6.45) is 1.27. The molecule has 0 aliphatic carbocycles. The molecule has 0 unspecified atom stereocenters. The quantitative estimate of drug-likeness (QED) is 0.202. The standard InChI is InChI=1S/C12H11NO5/c1-8(14)11(12(15)18-2)7-9-4-3-5-10(6-9)13(16)17/h3-7H,1-2H3/b11-7+. The molecule has 1 aromatic rings. The molecule has 0 aliphatic rings. The van der Waals surface area contributed by atoms with Crippen LogP contribution in [0.5, 0.6) is 0 Å². The number of nitrogens with zero attached hydrogens (tertiary/aromatic N) is 1. The van der Waals surface area contributed by atoms with E-state index in [0.29, 0.717) is 5.56 Å². The van der Waals surface area contributed by atoms with Crippen molar-refractivity contribution < 1.29 is 19.2 Å². The van der Waals surface area contributed by atoms with Crippen LogP contribution in [0.4, 0.5) is 5.69 Å². The lowest BCUT2D eigenvalue weighted by molar-refractivity contribution is -0.384. The molecule has 0 heterocycles. The second-order valence-electron chi connectivity index (χ2n) is 3.46. The highest BCUT2D eigenvalue weighted by molar-refractivity contribution is 6.19. The molecule has 94 valence electrons. The van der Waals surface area contributed by atoms with E-state index in [1.54, 1.807) is 6.07 Å². The fourth-order valence-corrected chi connectivity index (χ4v) is 1.31. The SMILES string of the molecule is COC(=O)/C(=C/c1cccc([N+](=O)[O-])c1)C(C)=O. The van der Waals surface area contributed by atoms with E-state index in [1.165, 1.54) is 31.2 Å². The van der Waals surface area contributed by atoms with Crippen LogP contribution >= 0.6 is 0 Å². The summed E-state index contributed by atoms with van der Waals surface area (Å²) in [7, 11) is 1.16. The van der Waals surface area contributed by atoms with E-state index in [-0.39, 0.29) is 11.3 Å². The maximum absolute atomic E-state index is 11.3. The maximum atomic E-state index is 11.3. The Morgan fingerprint density at radius 3 is 2.56 bits per heavy atom. The van der Waals surface area contributed by atoms with E-state index in [2.05, 4.69) is 4.74 Å². The summed E-state index contributed by atoms with van der Waals surface area (Å²) >= 11 is 0. The van der Waals surface area contributed by atoms with Gasteiger partial charge in [-0.3, -0.25) is 14.9 Å². The van der Waals surface area contributed by atoms with Gasteiger partial charge in [-0.1, -0.05) is 12.1 Å². The van der Waals surface area contributed by atoms with Crippen LogP contribution in [0, 0.1) is 10.1 Å². The first-order valence-electron chi connectivity index (χ1n) is 5.01. The number of rotatable bonds is 4. The van der Waals surface area contributed by atoms with Crippen molar-refractivity contribution >= 4 is 23.5 Å². The summed E-state index contributed by atoms with van der Waals surface area (Å²) in [5, 5.41) is 10.6. The molecule has 18 heavy (non-hydrogen) atoms. The summed E-state index contributed by atoms with van der Waals surface area (Å²) in [4.78, 5) is 32.6. The predicted octanol–water partition coefficient (Wildman–Crippen LogP) is 1.74. The van der Waals surface area contributed by atoms with Gasteiger partial charge in [-0.2, -0.15) is 0 Å². The molecule has 6 nitrogen and oxygen atoms in total. The average molecular weight is 249 g/mol. The van der Waals surface area contributed by atoms with Crippen molar-refractivity contribution in [2.24, 2.45) is 0 Å². The Bertz CT molecular complexity index is 533. The summed E-state index contributed by atoms with van der Waals surface area (Å²) in [6, 6.07) is 5.62.